The van der Waals surface area contributed by atoms with Crippen LogP contribution in [-0.2, 0) is 4.74 Å². The second-order valence-corrected chi connectivity index (χ2v) is 3.55. The minimum atomic E-state index is -0.145. The van der Waals surface area contributed by atoms with Gasteiger partial charge in [0.2, 0.25) is 0 Å². The lowest BCUT2D eigenvalue weighted by atomic mass is 10.2. The Hall–Kier alpha value is -0.800. The fourth-order valence-electron chi connectivity index (χ4n) is 1.02. The third-order valence-corrected chi connectivity index (χ3v) is 1.66. The largest absolute Gasteiger partial charge is 0.468 e. The molecule has 3 heteroatoms. The highest BCUT2D eigenvalue weighted by Crippen LogP contribution is 2.10. The highest BCUT2D eigenvalue weighted by atomic mass is 16.5. The van der Waals surface area contributed by atoms with Crippen molar-refractivity contribution in [2.75, 3.05) is 13.2 Å². The number of nitrogens with two attached hydrogens (primary N) is 1. The van der Waals surface area contributed by atoms with Gasteiger partial charge >= 0.3 is 0 Å². The summed E-state index contributed by atoms with van der Waals surface area (Å²) in [5, 5.41) is 0. The summed E-state index contributed by atoms with van der Waals surface area (Å²) >= 11 is 0. The zero-order chi connectivity index (χ0) is 9.68. The van der Waals surface area contributed by atoms with Crippen molar-refractivity contribution in [2.24, 2.45) is 11.7 Å². The molecule has 1 atom stereocenters. The van der Waals surface area contributed by atoms with E-state index in [1.54, 1.807) is 6.26 Å². The van der Waals surface area contributed by atoms with Crippen molar-refractivity contribution in [1.29, 1.82) is 0 Å². The molecule has 0 radical (unpaired) electrons. The van der Waals surface area contributed by atoms with Gasteiger partial charge in [0.25, 0.3) is 0 Å². The molecule has 1 aromatic rings. The van der Waals surface area contributed by atoms with Gasteiger partial charge in [0, 0.05) is 6.61 Å². The van der Waals surface area contributed by atoms with Gasteiger partial charge < -0.3 is 14.9 Å². The van der Waals surface area contributed by atoms with Gasteiger partial charge in [-0.05, 0) is 18.1 Å². The summed E-state index contributed by atoms with van der Waals surface area (Å²) in [7, 11) is 0. The van der Waals surface area contributed by atoms with Crippen molar-refractivity contribution in [1.82, 2.24) is 0 Å². The zero-order valence-electron chi connectivity index (χ0n) is 8.19. The monoisotopic (exact) mass is 183 g/mol. The average Bonchev–Trinajstić information content (AvgIpc) is 2.55. The fourth-order valence-corrected chi connectivity index (χ4v) is 1.02. The summed E-state index contributed by atoms with van der Waals surface area (Å²) in [5.74, 6) is 1.33. The van der Waals surface area contributed by atoms with E-state index in [2.05, 4.69) is 13.8 Å². The van der Waals surface area contributed by atoms with Crippen molar-refractivity contribution in [3.8, 4) is 0 Å². The van der Waals surface area contributed by atoms with Crippen molar-refractivity contribution in [3.05, 3.63) is 24.2 Å². The highest BCUT2D eigenvalue weighted by molar-refractivity contribution is 5.03. The van der Waals surface area contributed by atoms with E-state index in [1.807, 2.05) is 12.1 Å². The number of furan rings is 1. The van der Waals surface area contributed by atoms with E-state index in [0.29, 0.717) is 12.5 Å². The summed E-state index contributed by atoms with van der Waals surface area (Å²) in [6, 6.07) is 3.55. The second kappa shape index (κ2) is 5.04. The van der Waals surface area contributed by atoms with Gasteiger partial charge in [-0.1, -0.05) is 13.8 Å². The number of ether oxygens (including phenoxy) is 1. The van der Waals surface area contributed by atoms with Crippen molar-refractivity contribution in [3.63, 3.8) is 0 Å². The Morgan fingerprint density at radius 1 is 1.46 bits per heavy atom. The molecule has 0 saturated carbocycles. The third-order valence-electron chi connectivity index (χ3n) is 1.66. The fraction of sp³-hybridized carbons (Fsp3) is 0.600. The molecule has 0 aromatic carbocycles. The molecule has 74 valence electrons. The Balaban J connectivity index is 2.22. The van der Waals surface area contributed by atoms with E-state index in [9.17, 15) is 0 Å². The van der Waals surface area contributed by atoms with Gasteiger partial charge in [-0.15, -0.1) is 0 Å². The van der Waals surface area contributed by atoms with Crippen LogP contribution in [0.5, 0.6) is 0 Å². The van der Waals surface area contributed by atoms with E-state index >= 15 is 0 Å². The molecule has 0 amide bonds. The first-order chi connectivity index (χ1) is 6.20. The topological polar surface area (TPSA) is 48.4 Å². The molecule has 13 heavy (non-hydrogen) atoms. The Bertz CT molecular complexity index is 219. The highest BCUT2D eigenvalue weighted by Gasteiger charge is 2.08. The Morgan fingerprint density at radius 2 is 2.23 bits per heavy atom. The lowest BCUT2D eigenvalue weighted by Gasteiger charge is -2.10. The van der Waals surface area contributed by atoms with E-state index in [4.69, 9.17) is 14.9 Å². The number of rotatable bonds is 5. The minimum Gasteiger partial charge on any atom is -0.468 e. The minimum absolute atomic E-state index is 0.145. The molecule has 0 aliphatic carbocycles. The predicted molar refractivity (Wildman–Crippen MR) is 51.3 cm³/mol. The molecule has 0 aliphatic rings. The first-order valence-electron chi connectivity index (χ1n) is 4.57. The quantitative estimate of drug-likeness (QED) is 0.759. The molecule has 3 nitrogen and oxygen atoms in total. The van der Waals surface area contributed by atoms with Crippen LogP contribution in [0.2, 0.25) is 0 Å². The van der Waals surface area contributed by atoms with E-state index in [1.165, 1.54) is 0 Å². The maximum atomic E-state index is 5.81. The van der Waals surface area contributed by atoms with Crippen LogP contribution in [0.25, 0.3) is 0 Å². The van der Waals surface area contributed by atoms with Gasteiger partial charge in [0.1, 0.15) is 5.76 Å². The van der Waals surface area contributed by atoms with Crippen molar-refractivity contribution >= 4 is 0 Å². The summed E-state index contributed by atoms with van der Waals surface area (Å²) in [6.07, 6.45) is 1.62. The van der Waals surface area contributed by atoms with Crippen LogP contribution < -0.4 is 5.73 Å². The zero-order valence-corrected chi connectivity index (χ0v) is 8.19. The molecule has 1 rings (SSSR count). The van der Waals surface area contributed by atoms with E-state index in [0.717, 1.165) is 12.4 Å². The third kappa shape index (κ3) is 3.61. The van der Waals surface area contributed by atoms with Crippen LogP contribution in [0.15, 0.2) is 22.8 Å². The van der Waals surface area contributed by atoms with Crippen molar-refractivity contribution < 1.29 is 9.15 Å². The number of hydrogen-bond donors (Lipinski definition) is 1. The van der Waals surface area contributed by atoms with Crippen LogP contribution in [0.4, 0.5) is 0 Å². The molecule has 0 spiro atoms. The van der Waals surface area contributed by atoms with Gasteiger partial charge in [-0.2, -0.15) is 0 Å². The maximum Gasteiger partial charge on any atom is 0.122 e. The predicted octanol–water partition coefficient (Wildman–Crippen LogP) is 1.95. The van der Waals surface area contributed by atoms with E-state index < -0.39 is 0 Å². The average molecular weight is 183 g/mol. The number of hydrogen-bond acceptors (Lipinski definition) is 3. The van der Waals surface area contributed by atoms with E-state index in [-0.39, 0.29) is 6.04 Å². The maximum absolute atomic E-state index is 5.81. The molecule has 0 saturated heterocycles. The first-order valence-corrected chi connectivity index (χ1v) is 4.57. The van der Waals surface area contributed by atoms with Gasteiger partial charge in [-0.25, -0.2) is 0 Å². The molecular weight excluding hydrogens is 166 g/mol. The molecule has 0 bridgehead atoms. The molecular formula is C10H17NO2. The first kappa shape index (κ1) is 10.3. The van der Waals surface area contributed by atoms with Gasteiger partial charge in [0.15, 0.2) is 0 Å². The van der Waals surface area contributed by atoms with Crippen LogP contribution in [-0.4, -0.2) is 13.2 Å². The standard InChI is InChI=1S/C10H17NO2/c1-8(2)6-12-7-9(11)10-4-3-5-13-10/h3-5,8-9H,6-7,11H2,1-2H3. The molecule has 0 aliphatic heterocycles. The lowest BCUT2D eigenvalue weighted by Crippen LogP contribution is -2.18. The van der Waals surface area contributed by atoms with Gasteiger partial charge in [0.05, 0.1) is 18.9 Å². The second-order valence-electron chi connectivity index (χ2n) is 3.55. The Kier molecular flexibility index (Phi) is 3.99. The van der Waals surface area contributed by atoms with Crippen LogP contribution in [0.1, 0.15) is 25.6 Å². The van der Waals surface area contributed by atoms with Crippen LogP contribution in [0, 0.1) is 5.92 Å². The summed E-state index contributed by atoms with van der Waals surface area (Å²) < 4.78 is 10.5. The normalized spacial score (nSPS) is 13.5. The summed E-state index contributed by atoms with van der Waals surface area (Å²) in [6.45, 7) is 5.48. The summed E-state index contributed by atoms with van der Waals surface area (Å²) in [5.41, 5.74) is 5.81. The molecule has 1 aromatic heterocycles. The molecule has 2 N–H and O–H groups in total. The molecule has 0 fully saturated rings. The van der Waals surface area contributed by atoms with Crippen LogP contribution in [0.3, 0.4) is 0 Å². The lowest BCUT2D eigenvalue weighted by molar-refractivity contribution is 0.0940. The molecule has 1 heterocycles. The summed E-state index contributed by atoms with van der Waals surface area (Å²) in [4.78, 5) is 0. The smallest absolute Gasteiger partial charge is 0.122 e. The van der Waals surface area contributed by atoms with Gasteiger partial charge in [-0.3, -0.25) is 0 Å². The SMILES string of the molecule is CC(C)COCC(N)c1ccco1. The van der Waals surface area contributed by atoms with Crippen molar-refractivity contribution in [2.45, 2.75) is 19.9 Å². The Morgan fingerprint density at radius 3 is 2.77 bits per heavy atom. The van der Waals surface area contributed by atoms with Crippen LogP contribution >= 0.6 is 0 Å². The molecule has 1 unspecified atom stereocenters. The Labute approximate surface area is 78.9 Å².